The van der Waals surface area contributed by atoms with Crippen molar-refractivity contribution in [2.24, 2.45) is 7.05 Å². The van der Waals surface area contributed by atoms with Crippen molar-refractivity contribution in [2.75, 3.05) is 7.05 Å². The Balaban J connectivity index is 1.69. The van der Waals surface area contributed by atoms with Gasteiger partial charge in [-0.2, -0.15) is 10.1 Å². The Morgan fingerprint density at radius 3 is 2.76 bits per heavy atom. The normalized spacial score (nSPS) is 16.2. The van der Waals surface area contributed by atoms with E-state index < -0.39 is 0 Å². The smallest absolute Gasteiger partial charge is 0.223 e. The molecule has 0 amide bonds. The largest absolute Gasteiger partial charge is 0.340 e. The number of hydrogen-bond acceptors (Lipinski definition) is 5. The average molecular weight is 289 g/mol. The SMILES string of the molecule is Cc1nc(CN(C)Cc2cn(C)nc2C2CCCC2)no1. The van der Waals surface area contributed by atoms with Crippen LogP contribution in [0.3, 0.4) is 0 Å². The van der Waals surface area contributed by atoms with Gasteiger partial charge in [-0.3, -0.25) is 9.58 Å². The van der Waals surface area contributed by atoms with Crippen LogP contribution in [-0.4, -0.2) is 31.9 Å². The van der Waals surface area contributed by atoms with E-state index in [0.717, 1.165) is 12.4 Å². The van der Waals surface area contributed by atoms with Gasteiger partial charge in [-0.15, -0.1) is 0 Å². The van der Waals surface area contributed by atoms with Crippen molar-refractivity contribution in [3.05, 3.63) is 29.2 Å². The Bertz CT molecular complexity index is 597. The first kappa shape index (κ1) is 14.3. The Labute approximate surface area is 125 Å². The van der Waals surface area contributed by atoms with Crippen molar-refractivity contribution in [3.63, 3.8) is 0 Å². The molecule has 21 heavy (non-hydrogen) atoms. The molecule has 2 aromatic rings. The van der Waals surface area contributed by atoms with Crippen LogP contribution in [0.4, 0.5) is 0 Å². The fourth-order valence-electron chi connectivity index (χ4n) is 3.21. The lowest BCUT2D eigenvalue weighted by molar-refractivity contribution is 0.299. The molecule has 0 aliphatic heterocycles. The second-order valence-electron chi connectivity index (χ2n) is 6.10. The lowest BCUT2D eigenvalue weighted by Crippen LogP contribution is -2.19. The third-order valence-electron chi connectivity index (χ3n) is 4.10. The Morgan fingerprint density at radius 2 is 2.10 bits per heavy atom. The van der Waals surface area contributed by atoms with E-state index in [4.69, 9.17) is 9.62 Å². The summed E-state index contributed by atoms with van der Waals surface area (Å²) in [5, 5.41) is 8.65. The van der Waals surface area contributed by atoms with Gasteiger partial charge in [0.2, 0.25) is 5.89 Å². The molecule has 3 rings (SSSR count). The van der Waals surface area contributed by atoms with Gasteiger partial charge in [0.15, 0.2) is 5.82 Å². The quantitative estimate of drug-likeness (QED) is 0.846. The molecule has 0 unspecified atom stereocenters. The van der Waals surface area contributed by atoms with E-state index in [0.29, 0.717) is 18.4 Å². The van der Waals surface area contributed by atoms with Crippen LogP contribution in [0, 0.1) is 6.92 Å². The Hall–Kier alpha value is -1.69. The predicted molar refractivity (Wildman–Crippen MR) is 78.6 cm³/mol. The zero-order valence-corrected chi connectivity index (χ0v) is 13.0. The van der Waals surface area contributed by atoms with Crippen LogP contribution < -0.4 is 0 Å². The minimum Gasteiger partial charge on any atom is -0.340 e. The monoisotopic (exact) mass is 289 g/mol. The van der Waals surface area contributed by atoms with Gasteiger partial charge in [0.1, 0.15) is 0 Å². The van der Waals surface area contributed by atoms with E-state index in [1.165, 1.54) is 36.9 Å². The maximum absolute atomic E-state index is 5.02. The fourth-order valence-corrected chi connectivity index (χ4v) is 3.21. The maximum Gasteiger partial charge on any atom is 0.223 e. The molecule has 114 valence electrons. The third-order valence-corrected chi connectivity index (χ3v) is 4.10. The van der Waals surface area contributed by atoms with Crippen LogP contribution in [0.5, 0.6) is 0 Å². The molecule has 0 N–H and O–H groups in total. The molecule has 0 spiro atoms. The van der Waals surface area contributed by atoms with E-state index in [1.807, 2.05) is 18.7 Å². The molecular weight excluding hydrogens is 266 g/mol. The minimum absolute atomic E-state index is 0.617. The molecule has 0 aromatic carbocycles. The third kappa shape index (κ3) is 3.32. The fraction of sp³-hybridized carbons (Fsp3) is 0.667. The highest BCUT2D eigenvalue weighted by Crippen LogP contribution is 2.35. The zero-order chi connectivity index (χ0) is 14.8. The summed E-state index contributed by atoms with van der Waals surface area (Å²) in [5.41, 5.74) is 2.61. The zero-order valence-electron chi connectivity index (χ0n) is 13.0. The predicted octanol–water partition coefficient (Wildman–Crippen LogP) is 2.40. The van der Waals surface area contributed by atoms with Gasteiger partial charge in [0, 0.05) is 38.2 Å². The summed E-state index contributed by atoms with van der Waals surface area (Å²) < 4.78 is 6.96. The van der Waals surface area contributed by atoms with Crippen molar-refractivity contribution in [3.8, 4) is 0 Å². The van der Waals surface area contributed by atoms with E-state index in [2.05, 4.69) is 28.3 Å². The number of aryl methyl sites for hydroxylation is 2. The summed E-state index contributed by atoms with van der Waals surface area (Å²) in [6, 6.07) is 0. The standard InChI is InChI=1S/C15H23N5O/c1-11-16-14(18-21-11)10-19(2)8-13-9-20(3)17-15(13)12-6-4-5-7-12/h9,12H,4-8,10H2,1-3H3. The van der Waals surface area contributed by atoms with Gasteiger partial charge in [-0.25, -0.2) is 0 Å². The number of nitrogens with zero attached hydrogens (tertiary/aromatic N) is 5. The first-order valence-corrected chi connectivity index (χ1v) is 7.62. The van der Waals surface area contributed by atoms with Crippen LogP contribution >= 0.6 is 0 Å². The molecule has 1 aliphatic carbocycles. The molecule has 0 radical (unpaired) electrons. The maximum atomic E-state index is 5.02. The molecule has 0 bridgehead atoms. The van der Waals surface area contributed by atoms with Gasteiger partial charge in [-0.1, -0.05) is 18.0 Å². The number of hydrogen-bond donors (Lipinski definition) is 0. The van der Waals surface area contributed by atoms with Crippen molar-refractivity contribution in [2.45, 2.75) is 51.6 Å². The van der Waals surface area contributed by atoms with Crippen LogP contribution in [0.2, 0.25) is 0 Å². The van der Waals surface area contributed by atoms with Crippen molar-refractivity contribution in [1.29, 1.82) is 0 Å². The summed E-state index contributed by atoms with van der Waals surface area (Å²) in [7, 11) is 4.08. The number of aromatic nitrogens is 4. The highest BCUT2D eigenvalue weighted by molar-refractivity contribution is 5.22. The minimum atomic E-state index is 0.617. The average Bonchev–Trinajstić information content (AvgIpc) is 3.11. The summed E-state index contributed by atoms with van der Waals surface area (Å²) in [5.74, 6) is 2.00. The summed E-state index contributed by atoms with van der Waals surface area (Å²) in [4.78, 5) is 6.47. The van der Waals surface area contributed by atoms with Gasteiger partial charge >= 0.3 is 0 Å². The topological polar surface area (TPSA) is 60.0 Å². The van der Waals surface area contributed by atoms with E-state index in [9.17, 15) is 0 Å². The Kier molecular flexibility index (Phi) is 4.05. The van der Waals surface area contributed by atoms with Crippen molar-refractivity contribution >= 4 is 0 Å². The van der Waals surface area contributed by atoms with Gasteiger partial charge in [0.05, 0.1) is 12.2 Å². The number of rotatable bonds is 5. The van der Waals surface area contributed by atoms with Crippen LogP contribution in [0.15, 0.2) is 10.7 Å². The van der Waals surface area contributed by atoms with Crippen molar-refractivity contribution < 1.29 is 4.52 Å². The second kappa shape index (κ2) is 5.97. The van der Waals surface area contributed by atoms with Crippen molar-refractivity contribution in [1.82, 2.24) is 24.8 Å². The molecule has 2 aromatic heterocycles. The lowest BCUT2D eigenvalue weighted by atomic mass is 10.0. The molecule has 1 saturated carbocycles. The summed E-state index contributed by atoms with van der Waals surface area (Å²) in [6.45, 7) is 3.37. The lowest BCUT2D eigenvalue weighted by Gasteiger charge is -2.15. The first-order chi connectivity index (χ1) is 10.1. The molecule has 1 fully saturated rings. The molecule has 2 heterocycles. The molecule has 1 aliphatic rings. The Morgan fingerprint density at radius 1 is 1.33 bits per heavy atom. The van der Waals surface area contributed by atoms with Gasteiger partial charge < -0.3 is 4.52 Å². The van der Waals surface area contributed by atoms with Crippen LogP contribution in [-0.2, 0) is 20.1 Å². The highest BCUT2D eigenvalue weighted by Gasteiger charge is 2.23. The second-order valence-corrected chi connectivity index (χ2v) is 6.10. The highest BCUT2D eigenvalue weighted by atomic mass is 16.5. The van der Waals surface area contributed by atoms with Gasteiger partial charge in [-0.05, 0) is 19.9 Å². The van der Waals surface area contributed by atoms with Crippen LogP contribution in [0.1, 0.15) is 54.6 Å². The molecule has 0 atom stereocenters. The molecular formula is C15H23N5O. The van der Waals surface area contributed by atoms with Gasteiger partial charge in [0.25, 0.3) is 0 Å². The molecule has 6 nitrogen and oxygen atoms in total. The summed E-state index contributed by atoms with van der Waals surface area (Å²) in [6.07, 6.45) is 7.36. The van der Waals surface area contributed by atoms with E-state index in [-0.39, 0.29) is 0 Å². The molecule has 0 saturated heterocycles. The first-order valence-electron chi connectivity index (χ1n) is 7.62. The summed E-state index contributed by atoms with van der Waals surface area (Å²) >= 11 is 0. The molecule has 6 heteroatoms. The van der Waals surface area contributed by atoms with E-state index in [1.54, 1.807) is 0 Å². The van der Waals surface area contributed by atoms with E-state index >= 15 is 0 Å². The van der Waals surface area contributed by atoms with Crippen LogP contribution in [0.25, 0.3) is 0 Å².